The Morgan fingerprint density at radius 3 is 2.42 bits per heavy atom. The minimum Gasteiger partial charge on any atom is -0.389 e. The zero-order valence-electron chi connectivity index (χ0n) is 11.5. The molecule has 0 radical (unpaired) electrons. The lowest BCUT2D eigenvalue weighted by atomic mass is 10.2. The lowest BCUT2D eigenvalue weighted by Gasteiger charge is -2.16. The number of aliphatic hydroxyl groups is 1. The molecular weight excluding hydrogens is 246 g/mol. The normalized spacial score (nSPS) is 12.8. The van der Waals surface area contributed by atoms with Crippen LogP contribution in [0.3, 0.4) is 0 Å². The predicted molar refractivity (Wildman–Crippen MR) is 72.8 cm³/mol. The largest absolute Gasteiger partial charge is 0.389 e. The van der Waals surface area contributed by atoms with Gasteiger partial charge in [-0.05, 0) is 5.56 Å². The molecule has 0 aliphatic rings. The van der Waals surface area contributed by atoms with Crippen LogP contribution in [0.4, 0.5) is 0 Å². The molecule has 5 nitrogen and oxygen atoms in total. The van der Waals surface area contributed by atoms with E-state index in [1.807, 2.05) is 30.3 Å². The third kappa shape index (κ3) is 7.25. The quantitative estimate of drug-likeness (QED) is 0.615. The molecule has 0 amide bonds. The van der Waals surface area contributed by atoms with Gasteiger partial charge in [-0.25, -0.2) is 0 Å². The van der Waals surface area contributed by atoms with Gasteiger partial charge in [0.25, 0.3) is 0 Å². The fourth-order valence-electron chi connectivity index (χ4n) is 1.58. The molecule has 0 unspecified atom stereocenters. The third-order valence-corrected chi connectivity index (χ3v) is 2.64. The van der Waals surface area contributed by atoms with Crippen molar-refractivity contribution in [2.24, 2.45) is 0 Å². The minimum absolute atomic E-state index is 0.294. The smallest absolute Gasteiger partial charge is 0.169 e. The van der Waals surface area contributed by atoms with E-state index in [4.69, 9.17) is 14.2 Å². The lowest BCUT2D eigenvalue weighted by molar-refractivity contribution is -0.0998. The maximum Gasteiger partial charge on any atom is 0.169 e. The summed E-state index contributed by atoms with van der Waals surface area (Å²) in [5.41, 5.74) is 1.10. The van der Waals surface area contributed by atoms with Gasteiger partial charge in [-0.3, -0.25) is 0 Å². The fourth-order valence-corrected chi connectivity index (χ4v) is 1.58. The standard InChI is InChI=1S/C14H23NO4/c1-17-14(18-2)9-15-8-13(16)11-19-10-12-6-4-3-5-7-12/h3-7,13-16H,8-11H2,1-2H3/t13-/m0/s1. The van der Waals surface area contributed by atoms with Gasteiger partial charge < -0.3 is 24.6 Å². The van der Waals surface area contributed by atoms with Gasteiger partial charge in [0.2, 0.25) is 0 Å². The summed E-state index contributed by atoms with van der Waals surface area (Å²) in [6.07, 6.45) is -0.837. The van der Waals surface area contributed by atoms with E-state index < -0.39 is 6.10 Å². The summed E-state index contributed by atoms with van der Waals surface area (Å²) in [6.45, 7) is 1.78. The van der Waals surface area contributed by atoms with Gasteiger partial charge in [-0.15, -0.1) is 0 Å². The molecule has 1 aromatic carbocycles. The highest BCUT2D eigenvalue weighted by Gasteiger charge is 2.07. The molecule has 0 aliphatic heterocycles. The van der Waals surface area contributed by atoms with E-state index in [1.54, 1.807) is 14.2 Å². The number of nitrogens with one attached hydrogen (secondary N) is 1. The molecule has 0 fully saturated rings. The maximum atomic E-state index is 9.72. The van der Waals surface area contributed by atoms with Crippen molar-refractivity contribution in [1.29, 1.82) is 0 Å². The number of ether oxygens (including phenoxy) is 3. The molecular formula is C14H23NO4. The second kappa shape index (κ2) is 9.89. The van der Waals surface area contributed by atoms with Crippen LogP contribution in [0.25, 0.3) is 0 Å². The van der Waals surface area contributed by atoms with Gasteiger partial charge in [-0.2, -0.15) is 0 Å². The molecule has 108 valence electrons. The van der Waals surface area contributed by atoms with E-state index in [2.05, 4.69) is 5.32 Å². The number of benzene rings is 1. The number of hydrogen-bond donors (Lipinski definition) is 2. The van der Waals surface area contributed by atoms with Gasteiger partial charge in [0.15, 0.2) is 6.29 Å². The average molecular weight is 269 g/mol. The first kappa shape index (κ1) is 16.1. The Balaban J connectivity index is 2.06. The summed E-state index contributed by atoms with van der Waals surface area (Å²) in [5, 5.41) is 12.8. The molecule has 0 saturated carbocycles. The van der Waals surface area contributed by atoms with Gasteiger partial charge in [-0.1, -0.05) is 30.3 Å². The minimum atomic E-state index is -0.543. The zero-order chi connectivity index (χ0) is 13.9. The first-order valence-corrected chi connectivity index (χ1v) is 6.32. The fraction of sp³-hybridized carbons (Fsp3) is 0.571. The highest BCUT2D eigenvalue weighted by Crippen LogP contribution is 2.00. The zero-order valence-corrected chi connectivity index (χ0v) is 11.5. The molecule has 2 N–H and O–H groups in total. The van der Waals surface area contributed by atoms with Crippen molar-refractivity contribution >= 4 is 0 Å². The molecule has 0 aromatic heterocycles. The molecule has 1 rings (SSSR count). The number of aliphatic hydroxyl groups excluding tert-OH is 1. The summed E-state index contributed by atoms with van der Waals surface area (Å²) in [7, 11) is 3.16. The molecule has 5 heteroatoms. The molecule has 1 atom stereocenters. The van der Waals surface area contributed by atoms with Gasteiger partial charge in [0, 0.05) is 27.3 Å². The Kier molecular flexibility index (Phi) is 8.36. The highest BCUT2D eigenvalue weighted by atomic mass is 16.7. The van der Waals surface area contributed by atoms with Gasteiger partial charge in [0.05, 0.1) is 19.3 Å². The van der Waals surface area contributed by atoms with E-state index in [1.165, 1.54) is 0 Å². The van der Waals surface area contributed by atoms with E-state index in [-0.39, 0.29) is 6.29 Å². The van der Waals surface area contributed by atoms with Crippen LogP contribution in [0.15, 0.2) is 30.3 Å². The SMILES string of the molecule is COC(CNC[C@H](O)COCc1ccccc1)OC. The predicted octanol–water partition coefficient (Wildman–Crippen LogP) is 0.773. The second-order valence-corrected chi connectivity index (χ2v) is 4.21. The Morgan fingerprint density at radius 2 is 1.79 bits per heavy atom. The van der Waals surface area contributed by atoms with Crippen LogP contribution in [0.1, 0.15) is 5.56 Å². The first-order valence-electron chi connectivity index (χ1n) is 6.32. The van der Waals surface area contributed by atoms with Crippen molar-refractivity contribution in [1.82, 2.24) is 5.32 Å². The highest BCUT2D eigenvalue weighted by molar-refractivity contribution is 5.13. The molecule has 0 saturated heterocycles. The number of rotatable bonds is 10. The van der Waals surface area contributed by atoms with Crippen molar-refractivity contribution in [2.45, 2.75) is 19.0 Å². The molecule has 0 aliphatic carbocycles. The summed E-state index contributed by atoms with van der Waals surface area (Å²) >= 11 is 0. The number of methoxy groups -OCH3 is 2. The lowest BCUT2D eigenvalue weighted by Crippen LogP contribution is -2.36. The monoisotopic (exact) mass is 269 g/mol. The summed E-state index contributed by atoms with van der Waals surface area (Å²) in [4.78, 5) is 0. The Morgan fingerprint density at radius 1 is 1.11 bits per heavy atom. The maximum absolute atomic E-state index is 9.72. The van der Waals surface area contributed by atoms with Crippen LogP contribution in [0.5, 0.6) is 0 Å². The Labute approximate surface area is 114 Å². The van der Waals surface area contributed by atoms with E-state index in [9.17, 15) is 5.11 Å². The third-order valence-electron chi connectivity index (χ3n) is 2.64. The summed E-state index contributed by atoms with van der Waals surface area (Å²) < 4.78 is 15.5. The molecule has 1 aromatic rings. The average Bonchev–Trinajstić information content (AvgIpc) is 2.45. The van der Waals surface area contributed by atoms with Crippen molar-refractivity contribution < 1.29 is 19.3 Å². The van der Waals surface area contributed by atoms with Crippen molar-refractivity contribution in [2.75, 3.05) is 33.9 Å². The topological polar surface area (TPSA) is 60.0 Å². The van der Waals surface area contributed by atoms with Crippen molar-refractivity contribution in [3.8, 4) is 0 Å². The van der Waals surface area contributed by atoms with E-state index in [0.29, 0.717) is 26.3 Å². The van der Waals surface area contributed by atoms with Gasteiger partial charge in [0.1, 0.15) is 0 Å². The van der Waals surface area contributed by atoms with Crippen LogP contribution in [-0.4, -0.2) is 51.4 Å². The first-order chi connectivity index (χ1) is 9.26. The summed E-state index contributed by atoms with van der Waals surface area (Å²) in [5.74, 6) is 0. The second-order valence-electron chi connectivity index (χ2n) is 4.21. The van der Waals surface area contributed by atoms with Crippen LogP contribution in [0, 0.1) is 0 Å². The van der Waals surface area contributed by atoms with Crippen LogP contribution in [-0.2, 0) is 20.8 Å². The summed E-state index contributed by atoms with van der Waals surface area (Å²) in [6, 6.07) is 9.88. The van der Waals surface area contributed by atoms with Crippen LogP contribution >= 0.6 is 0 Å². The van der Waals surface area contributed by atoms with Crippen molar-refractivity contribution in [3.63, 3.8) is 0 Å². The Bertz CT molecular complexity index is 316. The number of hydrogen-bond acceptors (Lipinski definition) is 5. The van der Waals surface area contributed by atoms with Gasteiger partial charge >= 0.3 is 0 Å². The van der Waals surface area contributed by atoms with Crippen molar-refractivity contribution in [3.05, 3.63) is 35.9 Å². The van der Waals surface area contributed by atoms with E-state index in [0.717, 1.165) is 5.56 Å². The molecule has 19 heavy (non-hydrogen) atoms. The molecule has 0 bridgehead atoms. The molecule has 0 heterocycles. The van der Waals surface area contributed by atoms with Crippen LogP contribution < -0.4 is 5.32 Å². The van der Waals surface area contributed by atoms with E-state index >= 15 is 0 Å². The Hall–Kier alpha value is -0.980. The molecule has 0 spiro atoms. The van der Waals surface area contributed by atoms with Crippen LogP contribution in [0.2, 0.25) is 0 Å².